The van der Waals surface area contributed by atoms with Crippen LogP contribution in [-0.2, 0) is 24.6 Å². The van der Waals surface area contributed by atoms with Crippen molar-refractivity contribution < 1.29 is 27.5 Å². The van der Waals surface area contributed by atoms with Crippen molar-refractivity contribution >= 4 is 39.0 Å². The third-order valence-corrected chi connectivity index (χ3v) is 9.44. The molecule has 2 aromatic rings. The highest BCUT2D eigenvalue weighted by atomic mass is 32.2. The molecule has 2 fully saturated rings. The van der Waals surface area contributed by atoms with Gasteiger partial charge in [0.2, 0.25) is 11.8 Å². The van der Waals surface area contributed by atoms with Crippen LogP contribution in [0, 0.1) is 5.92 Å². The van der Waals surface area contributed by atoms with Crippen LogP contribution in [0.3, 0.4) is 0 Å². The first-order valence-corrected chi connectivity index (χ1v) is 15.3. The number of carbonyl (C=O) groups is 3. The molecule has 5 atom stereocenters. The third-order valence-electron chi connectivity index (χ3n) is 8.03. The Morgan fingerprint density at radius 1 is 1.22 bits per heavy atom. The molecule has 1 saturated heterocycles. The Kier molecular flexibility index (Phi) is 8.08. The zero-order valence-electron chi connectivity index (χ0n) is 23.2. The zero-order chi connectivity index (χ0) is 29.4. The summed E-state index contributed by atoms with van der Waals surface area (Å²) in [7, 11) is -1.47. The maximum atomic E-state index is 13.8. The topological polar surface area (TPSA) is 180 Å². The van der Waals surface area contributed by atoms with Crippen LogP contribution in [0.15, 0.2) is 36.4 Å². The lowest BCUT2D eigenvalue weighted by molar-refractivity contribution is -0.140. The van der Waals surface area contributed by atoms with Crippen LogP contribution >= 0.6 is 0 Å². The number of H-pyrrole nitrogens is 1. The Morgan fingerprint density at radius 2 is 2.00 bits per heavy atom. The lowest BCUT2D eigenvalue weighted by atomic mass is 10.1. The van der Waals surface area contributed by atoms with Gasteiger partial charge < -0.3 is 25.7 Å². The van der Waals surface area contributed by atoms with Crippen LogP contribution in [0.5, 0.6) is 6.01 Å². The SMILES string of the molecule is CN(C)S(=O)(=O)NC(=O)[C@@]12CC1/C=C\CCCCC[C@H](N)C(=O)N1C[C@H](Oc3nc4ccccc4[nH]3)C[C@H]1C(=O)N2. The van der Waals surface area contributed by atoms with E-state index < -0.39 is 45.8 Å². The van der Waals surface area contributed by atoms with Crippen LogP contribution in [0.1, 0.15) is 44.9 Å². The summed E-state index contributed by atoms with van der Waals surface area (Å²) in [5.41, 5.74) is 6.35. The lowest BCUT2D eigenvalue weighted by Gasteiger charge is -2.28. The number of nitrogens with two attached hydrogens (primary N) is 1. The predicted octanol–water partition coefficient (Wildman–Crippen LogP) is 0.556. The number of aromatic amines is 1. The second kappa shape index (κ2) is 11.4. The van der Waals surface area contributed by atoms with Gasteiger partial charge in [-0.3, -0.25) is 14.4 Å². The molecule has 1 saturated carbocycles. The van der Waals surface area contributed by atoms with Gasteiger partial charge in [-0.05, 0) is 37.8 Å². The molecule has 41 heavy (non-hydrogen) atoms. The summed E-state index contributed by atoms with van der Waals surface area (Å²) in [6.07, 6.45) is 7.41. The fourth-order valence-corrected chi connectivity index (χ4v) is 6.10. The van der Waals surface area contributed by atoms with E-state index in [0.717, 1.165) is 41.0 Å². The van der Waals surface area contributed by atoms with Crippen molar-refractivity contribution in [3.05, 3.63) is 36.4 Å². The monoisotopic (exact) mass is 587 g/mol. The molecule has 5 rings (SSSR count). The number of fused-ring (bicyclic) bond motifs is 3. The Bertz CT molecular complexity index is 1420. The first kappa shape index (κ1) is 29.0. The van der Waals surface area contributed by atoms with Crippen LogP contribution in [-0.4, -0.2) is 89.7 Å². The first-order chi connectivity index (χ1) is 19.5. The average molecular weight is 588 g/mol. The maximum absolute atomic E-state index is 13.8. The van der Waals surface area contributed by atoms with Gasteiger partial charge in [0.05, 0.1) is 23.6 Å². The van der Waals surface area contributed by atoms with E-state index in [1.54, 1.807) is 0 Å². The molecule has 3 amide bonds. The Labute approximate surface area is 239 Å². The predicted molar refractivity (Wildman–Crippen MR) is 151 cm³/mol. The van der Waals surface area contributed by atoms with Crippen molar-refractivity contribution in [2.75, 3.05) is 20.6 Å². The number of hydrogen-bond acceptors (Lipinski definition) is 8. The smallest absolute Gasteiger partial charge is 0.303 e. The third kappa shape index (κ3) is 6.09. The maximum Gasteiger partial charge on any atom is 0.303 e. The second-order valence-corrected chi connectivity index (χ2v) is 13.1. The van der Waals surface area contributed by atoms with Gasteiger partial charge in [0.15, 0.2) is 0 Å². The molecule has 222 valence electrons. The first-order valence-electron chi connectivity index (χ1n) is 13.9. The second-order valence-electron chi connectivity index (χ2n) is 11.2. The van der Waals surface area contributed by atoms with Crippen molar-refractivity contribution in [1.29, 1.82) is 0 Å². The molecule has 1 unspecified atom stereocenters. The number of nitrogens with zero attached hydrogens (tertiary/aromatic N) is 3. The van der Waals surface area contributed by atoms with Crippen LogP contribution in [0.4, 0.5) is 0 Å². The number of ether oxygens (including phenoxy) is 1. The molecule has 2 aliphatic heterocycles. The van der Waals surface area contributed by atoms with Crippen molar-refractivity contribution in [2.24, 2.45) is 11.7 Å². The van der Waals surface area contributed by atoms with Crippen molar-refractivity contribution in [2.45, 2.75) is 68.7 Å². The van der Waals surface area contributed by atoms with Gasteiger partial charge in [0.1, 0.15) is 17.7 Å². The zero-order valence-corrected chi connectivity index (χ0v) is 24.0. The average Bonchev–Trinajstić information content (AvgIpc) is 3.24. The fraction of sp³-hybridized carbons (Fsp3) is 0.556. The number of carbonyl (C=O) groups excluding carboxylic acids is 3. The van der Waals surface area contributed by atoms with Crippen molar-refractivity contribution in [3.63, 3.8) is 0 Å². The van der Waals surface area contributed by atoms with E-state index in [1.165, 1.54) is 19.0 Å². The van der Waals surface area contributed by atoms with Gasteiger partial charge in [-0.25, -0.2) is 4.72 Å². The molecular formula is C27H37N7O6S. The molecular weight excluding hydrogens is 550 g/mol. The largest absolute Gasteiger partial charge is 0.459 e. The summed E-state index contributed by atoms with van der Waals surface area (Å²) in [6.45, 7) is 0.110. The van der Waals surface area contributed by atoms with Crippen LogP contribution in [0.2, 0.25) is 0 Å². The van der Waals surface area contributed by atoms with Gasteiger partial charge in [-0.15, -0.1) is 0 Å². The fourth-order valence-electron chi connectivity index (χ4n) is 5.50. The quantitative estimate of drug-likeness (QED) is 0.366. The molecule has 0 radical (unpaired) electrons. The summed E-state index contributed by atoms with van der Waals surface area (Å²) in [4.78, 5) is 49.5. The van der Waals surface area contributed by atoms with E-state index in [4.69, 9.17) is 10.5 Å². The minimum absolute atomic E-state index is 0.110. The standard InChI is InChI=1S/C27H37N7O6S/c1-33(2)41(38,39)32-25(37)27-15-17(27)10-6-4-3-5-7-11-19(28)24(36)34-16-18(14-22(34)23(35)31-27)40-26-29-20-12-8-9-13-21(20)30-26/h6,8-10,12-13,17-19,22H,3-5,7,11,14-16,28H2,1-2H3,(H,29,30)(H,31,35)(H,32,37)/b10-6-/t17?,18-,19+,22+,27-/m1/s1. The highest BCUT2D eigenvalue weighted by molar-refractivity contribution is 7.87. The van der Waals surface area contributed by atoms with E-state index >= 15 is 0 Å². The van der Waals surface area contributed by atoms with E-state index in [2.05, 4.69) is 20.0 Å². The highest BCUT2D eigenvalue weighted by Gasteiger charge is 2.61. The molecule has 1 aromatic heterocycles. The molecule has 5 N–H and O–H groups in total. The molecule has 1 aromatic carbocycles. The number of amides is 3. The highest BCUT2D eigenvalue weighted by Crippen LogP contribution is 2.45. The number of rotatable bonds is 5. The summed E-state index contributed by atoms with van der Waals surface area (Å²) in [5, 5.41) is 2.81. The molecule has 3 heterocycles. The van der Waals surface area contributed by atoms with Gasteiger partial charge in [0.25, 0.3) is 11.9 Å². The number of allylic oxidation sites excluding steroid dienone is 1. The molecule has 0 bridgehead atoms. The van der Waals surface area contributed by atoms with Crippen molar-refractivity contribution in [1.82, 2.24) is 29.2 Å². The normalized spacial score (nSPS) is 30.1. The number of hydrogen-bond donors (Lipinski definition) is 4. The summed E-state index contributed by atoms with van der Waals surface area (Å²) >= 11 is 0. The van der Waals surface area contributed by atoms with Crippen LogP contribution in [0.25, 0.3) is 11.0 Å². The Balaban J connectivity index is 1.40. The molecule has 14 heteroatoms. The van der Waals surface area contributed by atoms with Crippen LogP contribution < -0.4 is 20.5 Å². The summed E-state index contributed by atoms with van der Waals surface area (Å²) in [5.74, 6) is -2.13. The minimum atomic E-state index is -4.08. The number of nitrogens with one attached hydrogen (secondary N) is 3. The summed E-state index contributed by atoms with van der Waals surface area (Å²) < 4.78 is 33.9. The van der Waals surface area contributed by atoms with E-state index in [0.29, 0.717) is 6.42 Å². The molecule has 3 aliphatic rings. The van der Waals surface area contributed by atoms with Gasteiger partial charge in [-0.2, -0.15) is 17.7 Å². The van der Waals surface area contributed by atoms with Gasteiger partial charge in [0, 0.05) is 26.4 Å². The van der Waals surface area contributed by atoms with E-state index in [1.807, 2.05) is 36.4 Å². The number of aromatic nitrogens is 2. The van der Waals surface area contributed by atoms with Gasteiger partial charge in [-0.1, -0.05) is 37.1 Å². The minimum Gasteiger partial charge on any atom is -0.459 e. The van der Waals surface area contributed by atoms with E-state index in [9.17, 15) is 22.8 Å². The molecule has 0 spiro atoms. The molecule has 13 nitrogen and oxygen atoms in total. The summed E-state index contributed by atoms with van der Waals surface area (Å²) in [6, 6.07) is 5.96. The molecule has 1 aliphatic carbocycles. The number of benzene rings is 1. The number of para-hydroxylation sites is 2. The Morgan fingerprint density at radius 3 is 2.76 bits per heavy atom. The van der Waals surface area contributed by atoms with Crippen molar-refractivity contribution in [3.8, 4) is 6.01 Å². The number of imidazole rings is 1. The van der Waals surface area contributed by atoms with Gasteiger partial charge >= 0.3 is 10.2 Å². The van der Waals surface area contributed by atoms with E-state index in [-0.39, 0.29) is 37.2 Å². The Hall–Kier alpha value is -3.49. The lowest BCUT2D eigenvalue weighted by Crippen LogP contribution is -2.58.